The van der Waals surface area contributed by atoms with Crippen molar-refractivity contribution in [3.63, 3.8) is 0 Å². The van der Waals surface area contributed by atoms with E-state index in [9.17, 15) is 9.59 Å². The number of carboxylic acid groups (broad SMARTS) is 1. The van der Waals surface area contributed by atoms with E-state index < -0.39 is 12.0 Å². The van der Waals surface area contributed by atoms with Gasteiger partial charge in [-0.25, -0.2) is 4.79 Å². The van der Waals surface area contributed by atoms with Crippen LogP contribution in [0.2, 0.25) is 0 Å². The Morgan fingerprint density at radius 2 is 2.31 bits per heavy atom. The van der Waals surface area contributed by atoms with Gasteiger partial charge in [-0.3, -0.25) is 9.69 Å². The molecule has 1 saturated heterocycles. The molecule has 2 atom stereocenters. The third-order valence-corrected chi connectivity index (χ3v) is 4.86. The molecule has 2 unspecified atom stereocenters. The minimum atomic E-state index is -1.06. The second-order valence-electron chi connectivity index (χ2n) is 3.26. The van der Waals surface area contributed by atoms with Gasteiger partial charge in [-0.2, -0.15) is 0 Å². The Kier molecular flexibility index (Phi) is 4.17. The van der Waals surface area contributed by atoms with Crippen LogP contribution in [0.3, 0.4) is 0 Å². The number of carbonyl (C=O) groups excluding carboxylic acids is 1. The van der Waals surface area contributed by atoms with E-state index in [1.54, 1.807) is 6.26 Å². The molecule has 0 aliphatic carbocycles. The van der Waals surface area contributed by atoms with Crippen molar-refractivity contribution in [3.05, 3.63) is 9.93 Å². The summed E-state index contributed by atoms with van der Waals surface area (Å²) in [6, 6.07) is -0.681. The molecule has 0 bridgehead atoms. The highest BCUT2D eigenvalue weighted by Gasteiger charge is 2.51. The number of carboxylic acids is 1. The van der Waals surface area contributed by atoms with Crippen LogP contribution >= 0.6 is 35.9 Å². The summed E-state index contributed by atoms with van der Waals surface area (Å²) in [7, 11) is 0. The van der Waals surface area contributed by atoms with Crippen molar-refractivity contribution >= 4 is 47.8 Å². The first-order valence-corrected chi connectivity index (χ1v) is 6.52. The first kappa shape index (κ1) is 13.7. The van der Waals surface area contributed by atoms with Crippen LogP contribution in [-0.2, 0) is 9.59 Å². The molecular weight excluding hydrogens is 272 g/mol. The molecule has 0 saturated carbocycles. The number of rotatable bonds is 2. The van der Waals surface area contributed by atoms with Crippen LogP contribution in [0.4, 0.5) is 0 Å². The molecule has 0 spiro atoms. The Bertz CT molecular complexity index is 374. The number of nitrogens with zero attached hydrogens (tertiary/aromatic N) is 1. The monoisotopic (exact) mass is 282 g/mol. The molecule has 16 heavy (non-hydrogen) atoms. The lowest BCUT2D eigenvalue weighted by molar-refractivity contribution is -0.150. The lowest BCUT2D eigenvalue weighted by atomic mass is 9.96. The zero-order valence-corrected chi connectivity index (χ0v) is 10.8. The van der Waals surface area contributed by atoms with Crippen molar-refractivity contribution in [2.75, 3.05) is 12.0 Å². The van der Waals surface area contributed by atoms with Gasteiger partial charge in [0.05, 0.1) is 10.3 Å². The van der Waals surface area contributed by atoms with Crippen molar-refractivity contribution < 1.29 is 14.7 Å². The first-order valence-electron chi connectivity index (χ1n) is 4.31. The van der Waals surface area contributed by atoms with E-state index in [0.717, 1.165) is 0 Å². The molecule has 90 valence electrons. The highest BCUT2D eigenvalue weighted by atomic mass is 35.5. The van der Waals surface area contributed by atoms with Gasteiger partial charge >= 0.3 is 5.97 Å². The predicted octanol–water partition coefficient (Wildman–Crippen LogP) is 0.310. The van der Waals surface area contributed by atoms with Crippen molar-refractivity contribution in [3.8, 4) is 0 Å². The number of carbonyl (C=O) groups is 2. The van der Waals surface area contributed by atoms with Gasteiger partial charge < -0.3 is 10.8 Å². The number of halogens is 1. The summed E-state index contributed by atoms with van der Waals surface area (Å²) >= 11 is 2.81. The molecule has 0 radical (unpaired) electrons. The van der Waals surface area contributed by atoms with E-state index in [1.165, 1.54) is 28.4 Å². The van der Waals surface area contributed by atoms with Crippen LogP contribution in [0.1, 0.15) is 0 Å². The summed E-state index contributed by atoms with van der Waals surface area (Å²) in [6.45, 7) is 0. The van der Waals surface area contributed by atoms with Crippen molar-refractivity contribution in [2.45, 2.75) is 12.1 Å². The second-order valence-corrected chi connectivity index (χ2v) is 5.36. The number of hydrogen-bond acceptors (Lipinski definition) is 5. The Balaban J connectivity index is 0.00000128. The SMILES string of the molecule is CSC1=C(C(=O)O)N2C(=O)C(N)C2CS1.Cl. The van der Waals surface area contributed by atoms with Crippen LogP contribution < -0.4 is 5.73 Å². The van der Waals surface area contributed by atoms with Gasteiger partial charge in [0.1, 0.15) is 6.04 Å². The number of β-lactam (4-membered cyclic amide) rings is 1. The van der Waals surface area contributed by atoms with Crippen molar-refractivity contribution in [1.29, 1.82) is 0 Å². The van der Waals surface area contributed by atoms with Crippen LogP contribution in [0.5, 0.6) is 0 Å². The van der Waals surface area contributed by atoms with Crippen LogP contribution in [0, 0.1) is 0 Å². The molecule has 1 fully saturated rings. The maximum atomic E-state index is 11.5. The zero-order valence-electron chi connectivity index (χ0n) is 8.37. The smallest absolute Gasteiger partial charge is 0.354 e. The Hall–Kier alpha value is -0.370. The summed E-state index contributed by atoms with van der Waals surface area (Å²) in [5, 5.41) is 9.05. The van der Waals surface area contributed by atoms with Crippen molar-refractivity contribution in [2.24, 2.45) is 5.73 Å². The molecule has 2 aliphatic rings. The minimum absolute atomic E-state index is 0. The van der Waals surface area contributed by atoms with E-state index in [2.05, 4.69) is 0 Å². The molecule has 0 aromatic rings. The quantitative estimate of drug-likeness (QED) is 0.709. The summed E-state index contributed by atoms with van der Waals surface area (Å²) in [6.07, 6.45) is 1.80. The first-order chi connectivity index (χ1) is 7.07. The summed E-state index contributed by atoms with van der Waals surface area (Å²) in [4.78, 5) is 23.8. The molecule has 0 aromatic carbocycles. The lowest BCUT2D eigenvalue weighted by Gasteiger charge is -2.48. The fraction of sp³-hybridized carbons (Fsp3) is 0.500. The molecule has 8 heteroatoms. The molecule has 5 nitrogen and oxygen atoms in total. The fourth-order valence-corrected chi connectivity index (χ4v) is 3.75. The van der Waals surface area contributed by atoms with Gasteiger partial charge in [0.25, 0.3) is 0 Å². The molecule has 2 aliphatic heterocycles. The standard InChI is InChI=1S/C8H10N2O3S2.ClH/c1-14-8-5(7(12)13)10-3(2-15-8)4(9)6(10)11;/h3-4H,2,9H2,1H3,(H,12,13);1H. The number of hydrogen-bond donors (Lipinski definition) is 2. The predicted molar refractivity (Wildman–Crippen MR) is 66.5 cm³/mol. The third-order valence-electron chi connectivity index (χ3n) is 2.48. The van der Waals surface area contributed by atoms with Gasteiger partial charge in [-0.05, 0) is 6.26 Å². The van der Waals surface area contributed by atoms with E-state index in [4.69, 9.17) is 10.8 Å². The maximum Gasteiger partial charge on any atom is 0.354 e. The van der Waals surface area contributed by atoms with Gasteiger partial charge in [0.15, 0.2) is 5.70 Å². The number of aliphatic carboxylic acids is 1. The molecule has 0 aromatic heterocycles. The van der Waals surface area contributed by atoms with E-state index in [1.807, 2.05) is 0 Å². The largest absolute Gasteiger partial charge is 0.477 e. The molecule has 2 rings (SSSR count). The highest BCUT2D eigenvalue weighted by Crippen LogP contribution is 2.42. The number of thioether (sulfide) groups is 2. The second kappa shape index (κ2) is 4.87. The van der Waals surface area contributed by atoms with Crippen LogP contribution in [0.15, 0.2) is 9.93 Å². The maximum absolute atomic E-state index is 11.5. The highest BCUT2D eigenvalue weighted by molar-refractivity contribution is 8.22. The molecule has 2 heterocycles. The van der Waals surface area contributed by atoms with Gasteiger partial charge in [-0.1, -0.05) is 0 Å². The van der Waals surface area contributed by atoms with Crippen LogP contribution in [-0.4, -0.2) is 46.0 Å². The summed E-state index contributed by atoms with van der Waals surface area (Å²) < 4.78 is 0.680. The average Bonchev–Trinajstić information content (AvgIpc) is 2.25. The summed E-state index contributed by atoms with van der Waals surface area (Å²) in [5.74, 6) is -0.666. The zero-order chi connectivity index (χ0) is 11.2. The van der Waals surface area contributed by atoms with E-state index in [0.29, 0.717) is 9.99 Å². The molecule has 3 N–H and O–H groups in total. The normalized spacial score (nSPS) is 28.1. The Labute approximate surface area is 107 Å². The van der Waals surface area contributed by atoms with Crippen LogP contribution in [0.25, 0.3) is 0 Å². The van der Waals surface area contributed by atoms with Crippen molar-refractivity contribution in [1.82, 2.24) is 4.90 Å². The number of nitrogens with two attached hydrogens (primary N) is 1. The Morgan fingerprint density at radius 1 is 1.69 bits per heavy atom. The number of amides is 1. The summed E-state index contributed by atoms with van der Waals surface area (Å²) in [5.41, 5.74) is 5.69. The van der Waals surface area contributed by atoms with E-state index >= 15 is 0 Å². The molecule has 1 amide bonds. The van der Waals surface area contributed by atoms with Gasteiger partial charge in [0, 0.05) is 5.75 Å². The fourth-order valence-electron chi connectivity index (χ4n) is 1.70. The molecular formula is C8H11ClN2O3S2. The minimum Gasteiger partial charge on any atom is -0.477 e. The van der Waals surface area contributed by atoms with Gasteiger partial charge in [0.2, 0.25) is 5.91 Å². The Morgan fingerprint density at radius 3 is 2.81 bits per heavy atom. The van der Waals surface area contributed by atoms with Gasteiger partial charge in [-0.15, -0.1) is 35.9 Å². The average molecular weight is 283 g/mol. The third kappa shape index (κ3) is 1.81. The number of fused-ring (bicyclic) bond motifs is 1. The van der Waals surface area contributed by atoms with E-state index in [-0.39, 0.29) is 30.1 Å². The lowest BCUT2D eigenvalue weighted by Crippen LogP contribution is -2.70. The topological polar surface area (TPSA) is 83.6 Å².